The van der Waals surface area contributed by atoms with Gasteiger partial charge in [0.1, 0.15) is 0 Å². The molecule has 0 aromatic carbocycles. The molecule has 102 valence electrons. The third-order valence-electron chi connectivity index (χ3n) is 3.46. The predicted molar refractivity (Wildman–Crippen MR) is 77.9 cm³/mol. The molecule has 1 aliphatic heterocycles. The largest absolute Gasteiger partial charge is 0.311 e. The van der Waals surface area contributed by atoms with Crippen molar-refractivity contribution >= 4 is 11.3 Å². The molecule has 1 fully saturated rings. The molecule has 1 atom stereocenters. The van der Waals surface area contributed by atoms with Crippen LogP contribution in [0.15, 0.2) is 11.7 Å². The van der Waals surface area contributed by atoms with Gasteiger partial charge in [-0.3, -0.25) is 9.88 Å². The van der Waals surface area contributed by atoms with Crippen molar-refractivity contribution in [3.63, 3.8) is 0 Å². The van der Waals surface area contributed by atoms with Crippen LogP contribution in [-0.4, -0.2) is 34.6 Å². The summed E-state index contributed by atoms with van der Waals surface area (Å²) in [4.78, 5) is 8.18. The van der Waals surface area contributed by atoms with Gasteiger partial charge in [-0.2, -0.15) is 0 Å². The van der Waals surface area contributed by atoms with Crippen molar-refractivity contribution in [3.8, 4) is 0 Å². The van der Waals surface area contributed by atoms with E-state index in [0.717, 1.165) is 13.1 Å². The lowest BCUT2D eigenvalue weighted by molar-refractivity contribution is 0.132. The lowest BCUT2D eigenvalue weighted by Crippen LogP contribution is -2.49. The van der Waals surface area contributed by atoms with Crippen molar-refractivity contribution < 1.29 is 0 Å². The number of hydrogen-bond acceptors (Lipinski definition) is 4. The van der Waals surface area contributed by atoms with Crippen LogP contribution in [0.4, 0.5) is 0 Å². The van der Waals surface area contributed by atoms with Gasteiger partial charge in [0.05, 0.1) is 5.51 Å². The molecule has 0 radical (unpaired) electrons. The quantitative estimate of drug-likeness (QED) is 0.909. The lowest BCUT2D eigenvalue weighted by atomic mass is 10.0. The second kappa shape index (κ2) is 6.13. The van der Waals surface area contributed by atoms with Crippen LogP contribution >= 0.6 is 11.3 Å². The molecule has 1 aromatic rings. The van der Waals surface area contributed by atoms with E-state index in [9.17, 15) is 0 Å². The number of hydrogen-bond donors (Lipinski definition) is 1. The molecular weight excluding hydrogens is 242 g/mol. The van der Waals surface area contributed by atoms with Crippen molar-refractivity contribution in [3.05, 3.63) is 16.6 Å². The highest BCUT2D eigenvalue weighted by molar-refractivity contribution is 7.09. The molecule has 1 saturated heterocycles. The molecule has 1 N–H and O–H groups in total. The molecule has 0 spiro atoms. The van der Waals surface area contributed by atoms with Crippen molar-refractivity contribution in [1.82, 2.24) is 15.2 Å². The summed E-state index contributed by atoms with van der Waals surface area (Å²) in [6, 6.07) is 0.681. The average molecular weight is 267 g/mol. The van der Waals surface area contributed by atoms with Crippen molar-refractivity contribution in [2.24, 2.45) is 0 Å². The Morgan fingerprint density at radius 2 is 2.28 bits per heavy atom. The molecule has 2 rings (SSSR count). The Morgan fingerprint density at radius 3 is 2.94 bits per heavy atom. The van der Waals surface area contributed by atoms with E-state index in [1.54, 1.807) is 11.3 Å². The highest BCUT2D eigenvalue weighted by atomic mass is 32.1. The number of rotatable bonds is 4. The average Bonchev–Trinajstić information content (AvgIpc) is 2.80. The molecule has 2 heterocycles. The van der Waals surface area contributed by atoms with E-state index in [1.807, 2.05) is 11.7 Å². The van der Waals surface area contributed by atoms with Gasteiger partial charge in [0.15, 0.2) is 0 Å². The zero-order valence-electron chi connectivity index (χ0n) is 11.8. The van der Waals surface area contributed by atoms with Crippen LogP contribution in [-0.2, 0) is 6.54 Å². The Labute approximate surface area is 115 Å². The lowest BCUT2D eigenvalue weighted by Gasteiger charge is -2.37. The van der Waals surface area contributed by atoms with E-state index in [0.29, 0.717) is 6.04 Å². The number of nitrogens with zero attached hydrogens (tertiary/aromatic N) is 2. The van der Waals surface area contributed by atoms with E-state index in [2.05, 4.69) is 36.0 Å². The first-order chi connectivity index (χ1) is 8.54. The Kier molecular flexibility index (Phi) is 4.76. The maximum Gasteiger partial charge on any atom is 0.0794 e. The zero-order chi connectivity index (χ0) is 13.0. The third-order valence-corrected chi connectivity index (χ3v) is 4.22. The maximum absolute atomic E-state index is 4.17. The molecule has 0 bridgehead atoms. The van der Waals surface area contributed by atoms with Crippen LogP contribution in [0.3, 0.4) is 0 Å². The topological polar surface area (TPSA) is 28.2 Å². The molecule has 4 heteroatoms. The maximum atomic E-state index is 4.17. The molecule has 3 nitrogen and oxygen atoms in total. The summed E-state index contributed by atoms with van der Waals surface area (Å²) in [6.45, 7) is 10.1. The normalized spacial score (nSPS) is 22.3. The molecule has 0 amide bonds. The minimum absolute atomic E-state index is 0.216. The Bertz CT molecular complexity index is 342. The summed E-state index contributed by atoms with van der Waals surface area (Å²) < 4.78 is 0. The molecule has 0 saturated carbocycles. The Morgan fingerprint density at radius 1 is 1.44 bits per heavy atom. The number of aromatic nitrogens is 1. The molecular formula is C14H25N3S. The van der Waals surface area contributed by atoms with Crippen LogP contribution in [0.25, 0.3) is 0 Å². The molecule has 1 aromatic heterocycles. The van der Waals surface area contributed by atoms with E-state index in [4.69, 9.17) is 0 Å². The Hall–Kier alpha value is -0.450. The standard InChI is InChI=1S/C14H25N3S/c1-14(2,3)16-8-12-6-4-5-7-17(12)10-13-9-15-11-18-13/h9,11-12,16H,4-8,10H2,1-3H3. The van der Waals surface area contributed by atoms with Crippen LogP contribution < -0.4 is 5.32 Å². The fraction of sp³-hybridized carbons (Fsp3) is 0.786. The smallest absolute Gasteiger partial charge is 0.0794 e. The first kappa shape index (κ1) is 14.0. The second-order valence-electron chi connectivity index (χ2n) is 6.22. The molecule has 18 heavy (non-hydrogen) atoms. The summed E-state index contributed by atoms with van der Waals surface area (Å²) in [5, 5.41) is 3.65. The third kappa shape index (κ3) is 4.34. The zero-order valence-corrected chi connectivity index (χ0v) is 12.6. The predicted octanol–water partition coefficient (Wildman–Crippen LogP) is 2.89. The van der Waals surface area contributed by atoms with Gasteiger partial charge >= 0.3 is 0 Å². The van der Waals surface area contributed by atoms with Crippen LogP contribution in [0.5, 0.6) is 0 Å². The van der Waals surface area contributed by atoms with E-state index < -0.39 is 0 Å². The first-order valence-corrected chi connectivity index (χ1v) is 7.79. The summed E-state index contributed by atoms with van der Waals surface area (Å²) in [7, 11) is 0. The fourth-order valence-corrected chi connectivity index (χ4v) is 3.06. The summed E-state index contributed by atoms with van der Waals surface area (Å²) in [5.74, 6) is 0. The fourth-order valence-electron chi connectivity index (χ4n) is 2.44. The number of likely N-dealkylation sites (tertiary alicyclic amines) is 1. The van der Waals surface area contributed by atoms with Gasteiger partial charge in [0.25, 0.3) is 0 Å². The van der Waals surface area contributed by atoms with E-state index >= 15 is 0 Å². The van der Waals surface area contributed by atoms with Crippen molar-refractivity contribution in [2.75, 3.05) is 13.1 Å². The highest BCUT2D eigenvalue weighted by Crippen LogP contribution is 2.21. The van der Waals surface area contributed by atoms with Gasteiger partial charge in [-0.15, -0.1) is 11.3 Å². The van der Waals surface area contributed by atoms with Gasteiger partial charge in [0, 0.05) is 35.7 Å². The second-order valence-corrected chi connectivity index (χ2v) is 7.19. The van der Waals surface area contributed by atoms with Gasteiger partial charge in [-0.1, -0.05) is 6.42 Å². The van der Waals surface area contributed by atoms with Crippen molar-refractivity contribution in [2.45, 2.75) is 58.2 Å². The SMILES string of the molecule is CC(C)(C)NCC1CCCCN1Cc1cncs1. The Balaban J connectivity index is 1.89. The van der Waals surface area contributed by atoms with Gasteiger partial charge in [-0.25, -0.2) is 0 Å². The minimum Gasteiger partial charge on any atom is -0.311 e. The first-order valence-electron chi connectivity index (χ1n) is 6.91. The monoisotopic (exact) mass is 267 g/mol. The number of nitrogens with one attached hydrogen (secondary N) is 1. The summed E-state index contributed by atoms with van der Waals surface area (Å²) in [5.41, 5.74) is 2.15. The van der Waals surface area contributed by atoms with Gasteiger partial charge in [-0.05, 0) is 40.2 Å². The minimum atomic E-state index is 0.216. The van der Waals surface area contributed by atoms with Gasteiger partial charge < -0.3 is 5.32 Å². The van der Waals surface area contributed by atoms with E-state index in [-0.39, 0.29) is 5.54 Å². The summed E-state index contributed by atoms with van der Waals surface area (Å²) >= 11 is 1.77. The van der Waals surface area contributed by atoms with Crippen molar-refractivity contribution in [1.29, 1.82) is 0 Å². The number of thiazole rings is 1. The van der Waals surface area contributed by atoms with E-state index in [1.165, 1.54) is 30.7 Å². The molecule has 1 unspecified atom stereocenters. The van der Waals surface area contributed by atoms with Crippen LogP contribution in [0, 0.1) is 0 Å². The van der Waals surface area contributed by atoms with Crippen LogP contribution in [0.2, 0.25) is 0 Å². The van der Waals surface area contributed by atoms with Gasteiger partial charge in [0.2, 0.25) is 0 Å². The number of piperidine rings is 1. The molecule has 1 aliphatic rings. The highest BCUT2D eigenvalue weighted by Gasteiger charge is 2.24. The summed E-state index contributed by atoms with van der Waals surface area (Å²) in [6.07, 6.45) is 6.04. The van der Waals surface area contributed by atoms with Crippen LogP contribution in [0.1, 0.15) is 44.9 Å². The molecule has 0 aliphatic carbocycles.